The summed E-state index contributed by atoms with van der Waals surface area (Å²) in [6.45, 7) is 0.363. The zero-order valence-corrected chi connectivity index (χ0v) is 17.4. The molecular formula is C21H23FN4O3S. The normalized spacial score (nSPS) is 18.5. The molecule has 0 spiro atoms. The van der Waals surface area contributed by atoms with Crippen LogP contribution in [-0.4, -0.2) is 33.8 Å². The first kappa shape index (κ1) is 20.3. The predicted octanol–water partition coefficient (Wildman–Crippen LogP) is 2.83. The number of rotatable bonds is 8. The summed E-state index contributed by atoms with van der Waals surface area (Å²) < 4.78 is 20.7. The van der Waals surface area contributed by atoms with Crippen LogP contribution < -0.4 is 15.4 Å². The van der Waals surface area contributed by atoms with Gasteiger partial charge in [-0.05, 0) is 37.0 Å². The Balaban J connectivity index is 1.37. The SMILES string of the molecule is COc1cc(C[C@@]2(CCC(=O)NCc3cn4ccsc4n3)CCC(=O)N2)ccc1F. The van der Waals surface area contributed by atoms with Crippen LogP contribution in [0.25, 0.3) is 4.96 Å². The number of carbonyl (C=O) groups is 2. The van der Waals surface area contributed by atoms with Crippen LogP contribution in [-0.2, 0) is 22.6 Å². The van der Waals surface area contributed by atoms with Gasteiger partial charge in [0.25, 0.3) is 0 Å². The second kappa shape index (κ2) is 8.43. The zero-order chi connectivity index (χ0) is 21.1. The summed E-state index contributed by atoms with van der Waals surface area (Å²) in [5.74, 6) is -0.375. The molecular weight excluding hydrogens is 407 g/mol. The monoisotopic (exact) mass is 430 g/mol. The minimum atomic E-state index is -0.520. The van der Waals surface area contributed by atoms with E-state index in [2.05, 4.69) is 15.6 Å². The van der Waals surface area contributed by atoms with Gasteiger partial charge in [-0.2, -0.15) is 0 Å². The molecule has 1 aromatic carbocycles. The molecule has 2 N–H and O–H groups in total. The summed E-state index contributed by atoms with van der Waals surface area (Å²) in [5.41, 5.74) is 1.14. The van der Waals surface area contributed by atoms with Crippen molar-refractivity contribution in [3.8, 4) is 5.75 Å². The van der Waals surface area contributed by atoms with E-state index in [0.29, 0.717) is 32.2 Å². The third kappa shape index (κ3) is 4.46. The van der Waals surface area contributed by atoms with Crippen molar-refractivity contribution in [1.29, 1.82) is 0 Å². The topological polar surface area (TPSA) is 84.7 Å². The molecule has 1 saturated heterocycles. The number of thiazole rings is 1. The fourth-order valence-electron chi connectivity index (χ4n) is 3.88. The lowest BCUT2D eigenvalue weighted by Crippen LogP contribution is -2.44. The van der Waals surface area contributed by atoms with Crippen LogP contribution >= 0.6 is 11.3 Å². The molecule has 158 valence electrons. The van der Waals surface area contributed by atoms with Gasteiger partial charge < -0.3 is 15.4 Å². The minimum absolute atomic E-state index is 0.0254. The van der Waals surface area contributed by atoms with Crippen molar-refractivity contribution in [3.05, 3.63) is 53.0 Å². The molecule has 30 heavy (non-hydrogen) atoms. The third-order valence-corrected chi connectivity index (χ3v) is 6.20. The first-order chi connectivity index (χ1) is 14.5. The van der Waals surface area contributed by atoms with Crippen LogP contribution in [0.4, 0.5) is 4.39 Å². The molecule has 0 bridgehead atoms. The molecule has 1 atom stereocenters. The number of benzene rings is 1. The van der Waals surface area contributed by atoms with Crippen LogP contribution in [0.15, 0.2) is 36.0 Å². The fraction of sp³-hybridized carbons (Fsp3) is 0.381. The first-order valence-electron chi connectivity index (χ1n) is 9.78. The van der Waals surface area contributed by atoms with E-state index in [1.54, 1.807) is 12.1 Å². The summed E-state index contributed by atoms with van der Waals surface area (Å²) in [6, 6.07) is 4.70. The van der Waals surface area contributed by atoms with Gasteiger partial charge in [-0.25, -0.2) is 9.37 Å². The van der Waals surface area contributed by atoms with Crippen molar-refractivity contribution < 1.29 is 18.7 Å². The number of imidazole rings is 1. The van der Waals surface area contributed by atoms with Crippen LogP contribution in [0.5, 0.6) is 5.75 Å². The summed E-state index contributed by atoms with van der Waals surface area (Å²) >= 11 is 1.54. The second-order valence-electron chi connectivity index (χ2n) is 7.58. The molecule has 1 fully saturated rings. The van der Waals surface area contributed by atoms with Gasteiger partial charge in [-0.1, -0.05) is 6.07 Å². The van der Waals surface area contributed by atoms with E-state index in [0.717, 1.165) is 16.2 Å². The van der Waals surface area contributed by atoms with Crippen LogP contribution in [0.1, 0.15) is 36.9 Å². The summed E-state index contributed by atoms with van der Waals surface area (Å²) in [5, 5.41) is 7.90. The zero-order valence-electron chi connectivity index (χ0n) is 16.6. The first-order valence-corrected chi connectivity index (χ1v) is 10.7. The number of hydrogen-bond donors (Lipinski definition) is 2. The summed E-state index contributed by atoms with van der Waals surface area (Å²) in [4.78, 5) is 29.7. The van der Waals surface area contributed by atoms with Crippen molar-refractivity contribution >= 4 is 28.1 Å². The Morgan fingerprint density at radius 1 is 1.47 bits per heavy atom. The van der Waals surface area contributed by atoms with Crippen LogP contribution in [0, 0.1) is 5.82 Å². The molecule has 0 radical (unpaired) electrons. The third-order valence-electron chi connectivity index (χ3n) is 5.43. The lowest BCUT2D eigenvalue weighted by atomic mass is 9.85. The largest absolute Gasteiger partial charge is 0.494 e. The number of methoxy groups -OCH3 is 1. The number of nitrogens with one attached hydrogen (secondary N) is 2. The van der Waals surface area contributed by atoms with Gasteiger partial charge in [0.2, 0.25) is 11.8 Å². The van der Waals surface area contributed by atoms with Gasteiger partial charge in [0.05, 0.1) is 19.3 Å². The van der Waals surface area contributed by atoms with E-state index in [4.69, 9.17) is 4.74 Å². The molecule has 2 aromatic heterocycles. The molecule has 7 nitrogen and oxygen atoms in total. The number of hydrogen-bond acceptors (Lipinski definition) is 5. The number of carbonyl (C=O) groups excluding carboxylic acids is 2. The van der Waals surface area contributed by atoms with Crippen molar-refractivity contribution in [2.75, 3.05) is 7.11 Å². The van der Waals surface area contributed by atoms with E-state index >= 15 is 0 Å². The van der Waals surface area contributed by atoms with Gasteiger partial charge in [-0.3, -0.25) is 14.0 Å². The highest BCUT2D eigenvalue weighted by Gasteiger charge is 2.38. The highest BCUT2D eigenvalue weighted by Crippen LogP contribution is 2.31. The Kier molecular flexibility index (Phi) is 5.72. The Hall–Kier alpha value is -2.94. The average molecular weight is 431 g/mol. The van der Waals surface area contributed by atoms with Gasteiger partial charge in [0.1, 0.15) is 0 Å². The number of fused-ring (bicyclic) bond motifs is 1. The van der Waals surface area contributed by atoms with Gasteiger partial charge in [-0.15, -0.1) is 11.3 Å². The van der Waals surface area contributed by atoms with Crippen molar-refractivity contribution in [2.24, 2.45) is 0 Å². The Morgan fingerprint density at radius 2 is 2.33 bits per heavy atom. The molecule has 9 heteroatoms. The maximum Gasteiger partial charge on any atom is 0.220 e. The number of amides is 2. The minimum Gasteiger partial charge on any atom is -0.494 e. The lowest BCUT2D eigenvalue weighted by molar-refractivity contribution is -0.122. The Bertz CT molecular complexity index is 1050. The molecule has 1 aliphatic rings. The molecule has 1 aliphatic heterocycles. The number of nitrogens with zero attached hydrogens (tertiary/aromatic N) is 2. The number of aromatic nitrogens is 2. The number of ether oxygens (including phenoxy) is 1. The van der Waals surface area contributed by atoms with Crippen molar-refractivity contribution in [1.82, 2.24) is 20.0 Å². The smallest absolute Gasteiger partial charge is 0.220 e. The maximum absolute atomic E-state index is 13.7. The van der Waals surface area contributed by atoms with Crippen LogP contribution in [0.2, 0.25) is 0 Å². The molecule has 3 aromatic rings. The van der Waals surface area contributed by atoms with Crippen molar-refractivity contribution in [3.63, 3.8) is 0 Å². The van der Waals surface area contributed by atoms with Gasteiger partial charge in [0.15, 0.2) is 16.5 Å². The highest BCUT2D eigenvalue weighted by molar-refractivity contribution is 7.15. The van der Waals surface area contributed by atoms with Gasteiger partial charge in [0, 0.05) is 36.2 Å². The van der Waals surface area contributed by atoms with Gasteiger partial charge >= 0.3 is 0 Å². The summed E-state index contributed by atoms with van der Waals surface area (Å²) in [6.07, 6.45) is 6.17. The summed E-state index contributed by atoms with van der Waals surface area (Å²) in [7, 11) is 1.42. The molecule has 3 heterocycles. The number of halogens is 1. The highest BCUT2D eigenvalue weighted by atomic mass is 32.1. The lowest BCUT2D eigenvalue weighted by Gasteiger charge is -2.29. The standard InChI is InChI=1S/C21H23FN4O3S/c1-29-17-10-14(2-3-16(17)22)11-21(7-5-19(28)25-21)6-4-18(27)23-12-15-13-26-8-9-30-20(26)24-15/h2-3,8-10,13H,4-7,11-12H2,1H3,(H,23,27)(H,25,28)/t21-/m1/s1. The van der Waals surface area contributed by atoms with Crippen molar-refractivity contribution in [2.45, 2.75) is 44.2 Å². The Labute approximate surface area is 177 Å². The molecule has 0 aliphatic carbocycles. The van der Waals surface area contributed by atoms with E-state index in [9.17, 15) is 14.0 Å². The van der Waals surface area contributed by atoms with E-state index < -0.39 is 11.4 Å². The fourth-order valence-corrected chi connectivity index (χ4v) is 4.60. The van der Waals surface area contributed by atoms with E-state index in [1.807, 2.05) is 22.2 Å². The van der Waals surface area contributed by atoms with E-state index in [1.165, 1.54) is 24.5 Å². The molecule has 0 saturated carbocycles. The quantitative estimate of drug-likeness (QED) is 0.576. The Morgan fingerprint density at radius 3 is 3.07 bits per heavy atom. The molecule has 0 unspecified atom stereocenters. The average Bonchev–Trinajstić information content (AvgIpc) is 3.42. The predicted molar refractivity (Wildman–Crippen MR) is 111 cm³/mol. The van der Waals surface area contributed by atoms with E-state index in [-0.39, 0.29) is 24.0 Å². The molecule has 4 rings (SSSR count). The van der Waals surface area contributed by atoms with Crippen LogP contribution in [0.3, 0.4) is 0 Å². The second-order valence-corrected chi connectivity index (χ2v) is 8.45. The molecule has 2 amide bonds. The maximum atomic E-state index is 13.7.